The second kappa shape index (κ2) is 24.4. The molecule has 0 radical (unpaired) electrons. The third-order valence-electron chi connectivity index (χ3n) is 10.8. The number of hydrogen-bond acceptors (Lipinski definition) is 16. The van der Waals surface area contributed by atoms with Gasteiger partial charge in [-0.3, -0.25) is 23.5 Å². The van der Waals surface area contributed by atoms with Crippen LogP contribution in [0.25, 0.3) is 0 Å². The summed E-state index contributed by atoms with van der Waals surface area (Å²) >= 11 is 0. The van der Waals surface area contributed by atoms with Crippen molar-refractivity contribution < 1.29 is 59.9 Å². The van der Waals surface area contributed by atoms with E-state index in [0.717, 1.165) is 18.9 Å². The molecule has 2 aliphatic rings. The molecular formula is C48H64F2N8O13S. The van der Waals surface area contributed by atoms with Gasteiger partial charge in [0.2, 0.25) is 11.5 Å². The van der Waals surface area contributed by atoms with Gasteiger partial charge in [-0.2, -0.15) is 8.42 Å². The van der Waals surface area contributed by atoms with E-state index in [1.165, 1.54) is 62.4 Å². The van der Waals surface area contributed by atoms with Crippen molar-refractivity contribution in [3.8, 4) is 11.5 Å². The maximum atomic E-state index is 13.1. The zero-order valence-electron chi connectivity index (χ0n) is 42.1. The van der Waals surface area contributed by atoms with Crippen LogP contribution in [0.4, 0.5) is 18.4 Å². The second-order valence-electron chi connectivity index (χ2n) is 18.9. The Morgan fingerprint density at radius 3 is 1.60 bits per heavy atom. The molecule has 6 rings (SSSR count). The van der Waals surface area contributed by atoms with Gasteiger partial charge >= 0.3 is 28.3 Å². The highest BCUT2D eigenvalue weighted by Crippen LogP contribution is 2.32. The highest BCUT2D eigenvalue weighted by molar-refractivity contribution is 7.86. The van der Waals surface area contributed by atoms with Crippen LogP contribution in [-0.2, 0) is 50.5 Å². The van der Waals surface area contributed by atoms with Crippen LogP contribution >= 0.6 is 0 Å². The minimum Gasteiger partial charge on any atom is -0.501 e. The van der Waals surface area contributed by atoms with Crippen molar-refractivity contribution in [1.29, 1.82) is 0 Å². The van der Waals surface area contributed by atoms with Crippen molar-refractivity contribution in [1.82, 2.24) is 34.2 Å². The van der Waals surface area contributed by atoms with E-state index in [1.54, 1.807) is 60.7 Å². The third kappa shape index (κ3) is 16.0. The van der Waals surface area contributed by atoms with E-state index in [-0.39, 0.29) is 30.6 Å². The Kier molecular flexibility index (Phi) is 19.6. The molecule has 4 N–H and O–H groups in total. The maximum absolute atomic E-state index is 13.1. The summed E-state index contributed by atoms with van der Waals surface area (Å²) in [7, 11) is 0.0329. The maximum Gasteiger partial charge on any atom is 0.410 e. The van der Waals surface area contributed by atoms with Gasteiger partial charge in [-0.05, 0) is 115 Å². The summed E-state index contributed by atoms with van der Waals surface area (Å²) in [5.74, 6) is -3.53. The number of methoxy groups -OCH3 is 1. The van der Waals surface area contributed by atoms with Gasteiger partial charge in [-0.25, -0.2) is 33.1 Å². The van der Waals surface area contributed by atoms with E-state index < -0.39 is 97.3 Å². The van der Waals surface area contributed by atoms with Crippen LogP contribution < -0.4 is 26.4 Å². The van der Waals surface area contributed by atoms with Gasteiger partial charge in [0, 0.05) is 40.3 Å². The van der Waals surface area contributed by atoms with Gasteiger partial charge < -0.3 is 44.4 Å². The van der Waals surface area contributed by atoms with Crippen molar-refractivity contribution >= 4 is 34.2 Å². The van der Waals surface area contributed by atoms with Gasteiger partial charge in [-0.1, -0.05) is 24.3 Å². The second-order valence-corrected chi connectivity index (χ2v) is 20.4. The van der Waals surface area contributed by atoms with Crippen LogP contribution in [0.5, 0.6) is 11.5 Å². The quantitative estimate of drug-likeness (QED) is 0.101. The number of aromatic hydroxyl groups is 1. The monoisotopic (exact) mass is 1030 g/mol. The van der Waals surface area contributed by atoms with Crippen molar-refractivity contribution in [3.05, 3.63) is 115 Å². The standard InChI is InChI=1S/C23H29FN4O5.C18H27N3O8S.C7H8FN/c1-23(2,3)33-22(32)27(4)16-7-5-6-12-28-19(16)26-17(18(29)21(28)31)20(30)25-13-14-8-10-15(24)11-9-14;1-18(2,3)28-17(24)20(4)11-9-7-8-10-21-14(11)19-12(16(23)27-5)13(15(21)22)29-30(6,25)26;8-7-3-1-6(5-9)2-4-7/h8-11,16,29H,5-7,12-13H2,1-4H3,(H,25,30);11H,7-10H2,1-6H3;1-4H,5,9H2. The van der Waals surface area contributed by atoms with Gasteiger partial charge in [0.15, 0.2) is 11.4 Å². The van der Waals surface area contributed by atoms with E-state index in [4.69, 9.17) is 19.4 Å². The van der Waals surface area contributed by atoms with Crippen molar-refractivity contribution in [2.24, 2.45) is 5.73 Å². The number of esters is 1. The number of nitrogens with one attached hydrogen (secondary N) is 1. The van der Waals surface area contributed by atoms with Crippen molar-refractivity contribution in [2.45, 2.75) is 130 Å². The molecule has 2 unspecified atom stereocenters. The highest BCUT2D eigenvalue weighted by atomic mass is 32.2. The number of amides is 3. The van der Waals surface area contributed by atoms with Crippen LogP contribution in [-0.4, -0.2) is 105 Å². The molecule has 0 spiro atoms. The molecule has 0 fully saturated rings. The van der Waals surface area contributed by atoms with E-state index >= 15 is 0 Å². The van der Waals surface area contributed by atoms with Crippen LogP contribution in [0.15, 0.2) is 58.1 Å². The largest absolute Gasteiger partial charge is 0.501 e. The minimum atomic E-state index is -4.11. The molecule has 4 aromatic rings. The van der Waals surface area contributed by atoms with Crippen LogP contribution in [0.2, 0.25) is 0 Å². The fraction of sp³-hybridized carbons (Fsp3) is 0.500. The summed E-state index contributed by atoms with van der Waals surface area (Å²) in [4.78, 5) is 87.4. The topological polar surface area (TPSA) is 274 Å². The molecular weight excluding hydrogens is 967 g/mol. The number of carbonyl (C=O) groups excluding carboxylic acids is 4. The Bertz CT molecular complexity index is 2810. The fourth-order valence-electron chi connectivity index (χ4n) is 7.29. The van der Waals surface area contributed by atoms with Crippen LogP contribution in [0.1, 0.15) is 136 Å². The van der Waals surface area contributed by atoms with E-state index in [9.17, 15) is 51.1 Å². The molecule has 394 valence electrons. The number of rotatable bonds is 9. The number of carbonyl (C=O) groups is 4. The first-order valence-electron chi connectivity index (χ1n) is 22.9. The lowest BCUT2D eigenvalue weighted by atomic mass is 10.1. The molecule has 2 atom stereocenters. The lowest BCUT2D eigenvalue weighted by molar-refractivity contribution is 0.0192. The summed E-state index contributed by atoms with van der Waals surface area (Å²) in [6, 6.07) is 10.4. The average Bonchev–Trinajstić information content (AvgIpc) is 3.66. The number of halogens is 2. The Morgan fingerprint density at radius 2 is 1.18 bits per heavy atom. The molecule has 0 bridgehead atoms. The summed E-state index contributed by atoms with van der Waals surface area (Å²) < 4.78 is 71.3. The zero-order chi connectivity index (χ0) is 53.9. The van der Waals surface area contributed by atoms with Gasteiger partial charge in [-0.15, -0.1) is 0 Å². The van der Waals surface area contributed by atoms with Crippen molar-refractivity contribution in [2.75, 3.05) is 27.5 Å². The van der Waals surface area contributed by atoms with E-state index in [2.05, 4.69) is 20.0 Å². The lowest BCUT2D eigenvalue weighted by Crippen LogP contribution is -2.39. The summed E-state index contributed by atoms with van der Waals surface area (Å²) in [6.45, 7) is 11.5. The smallest absolute Gasteiger partial charge is 0.410 e. The molecule has 2 aromatic heterocycles. The lowest BCUT2D eigenvalue weighted by Gasteiger charge is -2.30. The Morgan fingerprint density at radius 1 is 0.750 bits per heavy atom. The molecule has 2 aromatic carbocycles. The predicted molar refractivity (Wildman–Crippen MR) is 259 cm³/mol. The molecule has 3 amide bonds. The van der Waals surface area contributed by atoms with Crippen molar-refractivity contribution in [3.63, 3.8) is 0 Å². The average molecular weight is 1030 g/mol. The number of ether oxygens (including phenoxy) is 3. The molecule has 0 saturated carbocycles. The first-order chi connectivity index (χ1) is 33.5. The number of aromatic nitrogens is 4. The van der Waals surface area contributed by atoms with Gasteiger partial charge in [0.25, 0.3) is 17.0 Å². The molecule has 0 saturated heterocycles. The zero-order valence-corrected chi connectivity index (χ0v) is 42.9. The Hall–Kier alpha value is -6.95. The minimum absolute atomic E-state index is 0.0554. The number of hydrogen-bond donors (Lipinski definition) is 3. The molecule has 2 aliphatic heterocycles. The molecule has 0 aliphatic carbocycles. The normalized spacial score (nSPS) is 15.5. The highest BCUT2D eigenvalue weighted by Gasteiger charge is 2.36. The number of fused-ring (bicyclic) bond motifs is 2. The summed E-state index contributed by atoms with van der Waals surface area (Å²) in [5, 5.41) is 13.0. The first-order valence-corrected chi connectivity index (χ1v) is 24.7. The third-order valence-corrected chi connectivity index (χ3v) is 11.3. The molecule has 21 nitrogen and oxygen atoms in total. The molecule has 24 heteroatoms. The molecule has 4 heterocycles. The number of nitrogens with zero attached hydrogens (tertiary/aromatic N) is 6. The van der Waals surface area contributed by atoms with E-state index in [1.807, 2.05) is 0 Å². The first kappa shape index (κ1) is 57.6. The van der Waals surface area contributed by atoms with Crippen LogP contribution in [0, 0.1) is 11.6 Å². The Labute approximate surface area is 416 Å². The van der Waals surface area contributed by atoms with Gasteiger partial charge in [0.05, 0.1) is 25.4 Å². The fourth-order valence-corrected chi connectivity index (χ4v) is 7.75. The SMILES string of the molecule is CN(C(=O)OC(C)(C)C)C1CCCCn2c1nc(C(=O)NCc1ccc(F)cc1)c(O)c2=O.COC(=O)c1nc2n(c(=O)c1OS(C)(=O)=O)CCCCC2N(C)C(=O)OC(C)(C)C.NCc1ccc(F)cc1. The van der Waals surface area contributed by atoms with Crippen LogP contribution in [0.3, 0.4) is 0 Å². The summed E-state index contributed by atoms with van der Waals surface area (Å²) in [5.41, 5.74) is 2.87. The van der Waals surface area contributed by atoms with E-state index in [0.29, 0.717) is 57.2 Å². The predicted octanol–water partition coefficient (Wildman–Crippen LogP) is 5.85. The van der Waals surface area contributed by atoms with Gasteiger partial charge in [0.1, 0.15) is 34.5 Å². The molecule has 72 heavy (non-hydrogen) atoms. The number of nitrogens with two attached hydrogens (primary N) is 1. The summed E-state index contributed by atoms with van der Waals surface area (Å²) in [6.07, 6.45) is 3.16. The number of benzene rings is 2. The Balaban J connectivity index is 0.000000267.